The summed E-state index contributed by atoms with van der Waals surface area (Å²) in [6, 6.07) is 1.93. The Hall–Kier alpha value is -0.700. The van der Waals surface area contributed by atoms with Gasteiger partial charge in [-0.2, -0.15) is 0 Å². The first-order valence-corrected chi connectivity index (χ1v) is 3.45. The van der Waals surface area contributed by atoms with Gasteiger partial charge in [-0.3, -0.25) is 0 Å². The Morgan fingerprint density at radius 3 is 2.56 bits per heavy atom. The Bertz CT molecular complexity index is 187. The van der Waals surface area contributed by atoms with Crippen LogP contribution in [0.3, 0.4) is 0 Å². The third-order valence-electron chi connectivity index (χ3n) is 1.13. The molecule has 2 N–H and O–H groups in total. The van der Waals surface area contributed by atoms with Crippen LogP contribution in [0.4, 0.5) is 5.00 Å². The fourth-order valence-electron chi connectivity index (χ4n) is 0.567. The average molecular weight is 143 g/mol. The minimum absolute atomic E-state index is 0.840. The summed E-state index contributed by atoms with van der Waals surface area (Å²) in [6.45, 7) is 1.97. The SMILES string of the molecule is COc1cc(C)c(N)s1. The van der Waals surface area contributed by atoms with Gasteiger partial charge < -0.3 is 10.5 Å². The van der Waals surface area contributed by atoms with Crippen molar-refractivity contribution in [1.82, 2.24) is 0 Å². The highest BCUT2D eigenvalue weighted by atomic mass is 32.1. The lowest BCUT2D eigenvalue weighted by molar-refractivity contribution is 0.427. The van der Waals surface area contributed by atoms with E-state index in [2.05, 4.69) is 0 Å². The van der Waals surface area contributed by atoms with Crippen molar-refractivity contribution in [3.05, 3.63) is 11.6 Å². The fraction of sp³-hybridized carbons (Fsp3) is 0.333. The van der Waals surface area contributed by atoms with Crippen LogP contribution < -0.4 is 10.5 Å². The van der Waals surface area contributed by atoms with Crippen molar-refractivity contribution in [2.45, 2.75) is 6.92 Å². The fourth-order valence-corrected chi connectivity index (χ4v) is 1.32. The highest BCUT2D eigenvalue weighted by molar-refractivity contribution is 7.17. The van der Waals surface area contributed by atoms with Crippen molar-refractivity contribution >= 4 is 16.3 Å². The molecule has 0 aliphatic heterocycles. The number of rotatable bonds is 1. The molecule has 1 heterocycles. The van der Waals surface area contributed by atoms with Gasteiger partial charge >= 0.3 is 0 Å². The number of nitrogen functional groups attached to an aromatic ring is 1. The molecule has 0 saturated heterocycles. The Balaban J connectivity index is 2.98. The van der Waals surface area contributed by atoms with Gasteiger partial charge in [0.05, 0.1) is 12.1 Å². The van der Waals surface area contributed by atoms with E-state index < -0.39 is 0 Å². The average Bonchev–Trinajstić information content (AvgIpc) is 2.13. The van der Waals surface area contributed by atoms with Crippen LogP contribution in [0.15, 0.2) is 6.07 Å². The number of anilines is 1. The second-order valence-electron chi connectivity index (χ2n) is 1.82. The highest BCUT2D eigenvalue weighted by Gasteiger charge is 1.99. The first-order chi connectivity index (χ1) is 4.24. The maximum Gasteiger partial charge on any atom is 0.175 e. The molecule has 0 fully saturated rings. The zero-order valence-electron chi connectivity index (χ0n) is 5.47. The number of nitrogens with two attached hydrogens (primary N) is 1. The Morgan fingerprint density at radius 2 is 2.33 bits per heavy atom. The maximum absolute atomic E-state index is 5.55. The second-order valence-corrected chi connectivity index (χ2v) is 2.86. The molecule has 0 aromatic carbocycles. The number of hydrogen-bond donors (Lipinski definition) is 1. The molecule has 0 saturated carbocycles. The molecule has 0 aliphatic carbocycles. The van der Waals surface area contributed by atoms with Crippen LogP contribution in [0.1, 0.15) is 5.56 Å². The Morgan fingerprint density at radius 1 is 1.67 bits per heavy atom. The normalized spacial score (nSPS) is 9.56. The summed E-state index contributed by atoms with van der Waals surface area (Å²) in [5.74, 6) is 0. The van der Waals surface area contributed by atoms with E-state index in [1.54, 1.807) is 7.11 Å². The molecule has 1 aromatic rings. The Kier molecular flexibility index (Phi) is 1.62. The van der Waals surface area contributed by atoms with Gasteiger partial charge in [0.1, 0.15) is 0 Å². The van der Waals surface area contributed by atoms with Crippen molar-refractivity contribution < 1.29 is 4.74 Å². The molecule has 0 amide bonds. The summed E-state index contributed by atoms with van der Waals surface area (Å²) < 4.78 is 4.95. The van der Waals surface area contributed by atoms with Crippen LogP contribution in [0.25, 0.3) is 0 Å². The number of ether oxygens (including phenoxy) is 1. The van der Waals surface area contributed by atoms with Crippen LogP contribution in [-0.4, -0.2) is 7.11 Å². The summed E-state index contributed by atoms with van der Waals surface area (Å²) in [7, 11) is 1.64. The van der Waals surface area contributed by atoms with E-state index in [-0.39, 0.29) is 0 Å². The van der Waals surface area contributed by atoms with Crippen LogP contribution in [0, 0.1) is 6.92 Å². The second kappa shape index (κ2) is 2.27. The highest BCUT2D eigenvalue weighted by Crippen LogP contribution is 2.29. The van der Waals surface area contributed by atoms with E-state index in [1.165, 1.54) is 11.3 Å². The van der Waals surface area contributed by atoms with Crippen LogP contribution in [0.2, 0.25) is 0 Å². The van der Waals surface area contributed by atoms with Gasteiger partial charge in [0.15, 0.2) is 5.06 Å². The lowest BCUT2D eigenvalue weighted by Crippen LogP contribution is -1.78. The van der Waals surface area contributed by atoms with E-state index in [9.17, 15) is 0 Å². The molecule has 0 atom stereocenters. The molecular weight excluding hydrogens is 134 g/mol. The van der Waals surface area contributed by atoms with Crippen molar-refractivity contribution in [2.24, 2.45) is 0 Å². The van der Waals surface area contributed by atoms with Gasteiger partial charge in [0, 0.05) is 0 Å². The first-order valence-electron chi connectivity index (χ1n) is 2.64. The monoisotopic (exact) mass is 143 g/mol. The van der Waals surface area contributed by atoms with Gasteiger partial charge in [-0.1, -0.05) is 11.3 Å². The largest absolute Gasteiger partial charge is 0.487 e. The third-order valence-corrected chi connectivity index (χ3v) is 2.16. The van der Waals surface area contributed by atoms with Crippen molar-refractivity contribution in [3.8, 4) is 5.06 Å². The van der Waals surface area contributed by atoms with Crippen LogP contribution >= 0.6 is 11.3 Å². The number of methoxy groups -OCH3 is 1. The molecule has 0 bridgehead atoms. The van der Waals surface area contributed by atoms with E-state index in [1.807, 2.05) is 13.0 Å². The van der Waals surface area contributed by atoms with Gasteiger partial charge in [0.2, 0.25) is 0 Å². The number of hydrogen-bond acceptors (Lipinski definition) is 3. The van der Waals surface area contributed by atoms with Gasteiger partial charge in [-0.25, -0.2) is 0 Å². The van der Waals surface area contributed by atoms with Gasteiger partial charge in [-0.05, 0) is 18.6 Å². The predicted molar refractivity (Wildman–Crippen MR) is 40.0 cm³/mol. The summed E-state index contributed by atoms with van der Waals surface area (Å²) in [6.07, 6.45) is 0. The smallest absolute Gasteiger partial charge is 0.175 e. The molecule has 0 radical (unpaired) electrons. The minimum Gasteiger partial charge on any atom is -0.487 e. The molecule has 9 heavy (non-hydrogen) atoms. The van der Waals surface area contributed by atoms with E-state index in [0.717, 1.165) is 15.6 Å². The first kappa shape index (κ1) is 6.42. The predicted octanol–water partition coefficient (Wildman–Crippen LogP) is 1.65. The molecule has 0 spiro atoms. The summed E-state index contributed by atoms with van der Waals surface area (Å²) in [5, 5.41) is 1.72. The van der Waals surface area contributed by atoms with E-state index in [0.29, 0.717) is 0 Å². The van der Waals surface area contributed by atoms with E-state index in [4.69, 9.17) is 10.5 Å². The lowest BCUT2D eigenvalue weighted by atomic mass is 10.4. The molecule has 50 valence electrons. The quantitative estimate of drug-likeness (QED) is 0.648. The zero-order chi connectivity index (χ0) is 6.85. The van der Waals surface area contributed by atoms with Gasteiger partial charge in [-0.15, -0.1) is 0 Å². The third kappa shape index (κ3) is 1.16. The topological polar surface area (TPSA) is 35.2 Å². The summed E-state index contributed by atoms with van der Waals surface area (Å²) in [5.41, 5.74) is 6.65. The van der Waals surface area contributed by atoms with Crippen LogP contribution in [-0.2, 0) is 0 Å². The molecule has 3 heteroatoms. The number of thiophene rings is 1. The van der Waals surface area contributed by atoms with Crippen molar-refractivity contribution in [1.29, 1.82) is 0 Å². The molecule has 0 unspecified atom stereocenters. The summed E-state index contributed by atoms with van der Waals surface area (Å²) in [4.78, 5) is 0. The standard InChI is InChI=1S/C6H9NOS/c1-4-3-5(8-2)9-6(4)7/h3H,7H2,1-2H3. The zero-order valence-corrected chi connectivity index (χ0v) is 6.29. The summed E-state index contributed by atoms with van der Waals surface area (Å²) >= 11 is 1.47. The van der Waals surface area contributed by atoms with Crippen LogP contribution in [0.5, 0.6) is 5.06 Å². The maximum atomic E-state index is 5.55. The van der Waals surface area contributed by atoms with E-state index >= 15 is 0 Å². The molecule has 1 rings (SSSR count). The number of aryl methyl sites for hydroxylation is 1. The lowest BCUT2D eigenvalue weighted by Gasteiger charge is -1.87. The molecule has 2 nitrogen and oxygen atoms in total. The molecular formula is C6H9NOS. The minimum atomic E-state index is 0.840. The van der Waals surface area contributed by atoms with Crippen molar-refractivity contribution in [2.75, 3.05) is 12.8 Å². The van der Waals surface area contributed by atoms with Gasteiger partial charge in [0.25, 0.3) is 0 Å². The van der Waals surface area contributed by atoms with Crippen molar-refractivity contribution in [3.63, 3.8) is 0 Å². The molecule has 1 aromatic heterocycles. The Labute approximate surface area is 58.3 Å². The molecule has 0 aliphatic rings.